The number of hydrogen-bond donors (Lipinski definition) is 2. The van der Waals surface area contributed by atoms with Crippen LogP contribution in [0.25, 0.3) is 5.70 Å². The minimum absolute atomic E-state index is 0.142. The molecule has 1 amide bonds. The minimum atomic E-state index is -0.323. The van der Waals surface area contributed by atoms with Crippen LogP contribution in [-0.2, 0) is 4.79 Å². The molecule has 2 heterocycles. The molecule has 2 aromatic carbocycles. The fraction of sp³-hybridized carbons (Fsp3) is 0.227. The van der Waals surface area contributed by atoms with Crippen LogP contribution in [0.4, 0.5) is 16.3 Å². The summed E-state index contributed by atoms with van der Waals surface area (Å²) in [6.45, 7) is 3.94. The Labute approximate surface area is 178 Å². The SMILES string of the molecule is CC(C)CC(=O)Nc1nc2n(n1)C(c1ccc(F)cc1)C=C(c1ccc(Cl)cc1)N2. The Hall–Kier alpha value is -3.19. The summed E-state index contributed by atoms with van der Waals surface area (Å²) in [5, 5.41) is 11.1. The zero-order valence-electron chi connectivity index (χ0n) is 16.6. The molecule has 0 spiro atoms. The summed E-state index contributed by atoms with van der Waals surface area (Å²) >= 11 is 6.02. The first-order valence-electron chi connectivity index (χ1n) is 9.65. The fourth-order valence-corrected chi connectivity index (χ4v) is 3.41. The van der Waals surface area contributed by atoms with Crippen LogP contribution in [0.5, 0.6) is 0 Å². The molecule has 1 aromatic heterocycles. The lowest BCUT2D eigenvalue weighted by Crippen LogP contribution is -2.20. The van der Waals surface area contributed by atoms with Gasteiger partial charge in [-0.15, -0.1) is 5.10 Å². The van der Waals surface area contributed by atoms with Gasteiger partial charge in [0.2, 0.25) is 11.9 Å². The maximum absolute atomic E-state index is 13.5. The lowest BCUT2D eigenvalue weighted by molar-refractivity contribution is -0.116. The van der Waals surface area contributed by atoms with Crippen molar-refractivity contribution >= 4 is 35.1 Å². The van der Waals surface area contributed by atoms with Crippen LogP contribution in [-0.4, -0.2) is 20.7 Å². The number of allylic oxidation sites excluding steroid dienone is 1. The highest BCUT2D eigenvalue weighted by atomic mass is 35.5. The predicted molar refractivity (Wildman–Crippen MR) is 116 cm³/mol. The summed E-state index contributed by atoms with van der Waals surface area (Å²) < 4.78 is 15.1. The summed E-state index contributed by atoms with van der Waals surface area (Å²) in [5.41, 5.74) is 2.59. The van der Waals surface area contributed by atoms with Crippen molar-refractivity contribution in [3.63, 3.8) is 0 Å². The molecule has 1 aliphatic rings. The Morgan fingerprint density at radius 2 is 1.90 bits per heavy atom. The van der Waals surface area contributed by atoms with Crippen molar-refractivity contribution in [2.75, 3.05) is 10.6 Å². The van der Waals surface area contributed by atoms with Gasteiger partial charge >= 0.3 is 0 Å². The number of nitrogens with one attached hydrogen (secondary N) is 2. The van der Waals surface area contributed by atoms with Gasteiger partial charge in [-0.2, -0.15) is 4.98 Å². The molecular weight excluding hydrogens is 405 g/mol. The van der Waals surface area contributed by atoms with Crippen molar-refractivity contribution < 1.29 is 9.18 Å². The quantitative estimate of drug-likeness (QED) is 0.595. The molecule has 0 fully saturated rings. The van der Waals surface area contributed by atoms with Crippen LogP contribution in [0.1, 0.15) is 37.4 Å². The number of rotatable bonds is 5. The van der Waals surface area contributed by atoms with Gasteiger partial charge in [-0.25, -0.2) is 9.07 Å². The van der Waals surface area contributed by atoms with E-state index in [1.165, 1.54) is 12.1 Å². The van der Waals surface area contributed by atoms with Gasteiger partial charge in [0.05, 0.1) is 0 Å². The number of halogens is 2. The molecule has 154 valence electrons. The largest absolute Gasteiger partial charge is 0.324 e. The third-order valence-corrected chi connectivity index (χ3v) is 4.93. The summed E-state index contributed by atoms with van der Waals surface area (Å²) in [4.78, 5) is 16.6. The Morgan fingerprint density at radius 1 is 1.20 bits per heavy atom. The topological polar surface area (TPSA) is 71.8 Å². The van der Waals surface area contributed by atoms with E-state index >= 15 is 0 Å². The molecule has 0 saturated carbocycles. The lowest BCUT2D eigenvalue weighted by atomic mass is 10.0. The van der Waals surface area contributed by atoms with Gasteiger partial charge in [0, 0.05) is 17.1 Å². The third kappa shape index (κ3) is 4.36. The second-order valence-corrected chi connectivity index (χ2v) is 7.99. The zero-order valence-corrected chi connectivity index (χ0v) is 17.3. The molecule has 6 nitrogen and oxygen atoms in total. The van der Waals surface area contributed by atoms with Crippen LogP contribution in [0.15, 0.2) is 54.6 Å². The lowest BCUT2D eigenvalue weighted by Gasteiger charge is -2.24. The van der Waals surface area contributed by atoms with E-state index in [-0.39, 0.29) is 29.6 Å². The highest BCUT2D eigenvalue weighted by molar-refractivity contribution is 6.30. The first kappa shape index (κ1) is 20.1. The molecule has 4 rings (SSSR count). The maximum Gasteiger partial charge on any atom is 0.250 e. The fourth-order valence-electron chi connectivity index (χ4n) is 3.29. The number of carbonyl (C=O) groups excluding carboxylic acids is 1. The van der Waals surface area contributed by atoms with Crippen LogP contribution >= 0.6 is 11.6 Å². The molecular formula is C22H21ClFN5O. The molecule has 0 radical (unpaired) electrons. The Kier molecular flexibility index (Phi) is 5.55. The third-order valence-electron chi connectivity index (χ3n) is 4.68. The summed E-state index contributed by atoms with van der Waals surface area (Å²) in [6, 6.07) is 13.3. The van der Waals surface area contributed by atoms with Crippen LogP contribution < -0.4 is 10.6 Å². The van der Waals surface area contributed by atoms with Gasteiger partial charge in [0.1, 0.15) is 11.9 Å². The smallest absolute Gasteiger partial charge is 0.250 e. The van der Waals surface area contributed by atoms with Crippen LogP contribution in [0, 0.1) is 11.7 Å². The first-order chi connectivity index (χ1) is 14.4. The van der Waals surface area contributed by atoms with E-state index in [0.29, 0.717) is 17.4 Å². The van der Waals surface area contributed by atoms with E-state index in [0.717, 1.165) is 16.8 Å². The van der Waals surface area contributed by atoms with Crippen molar-refractivity contribution in [1.29, 1.82) is 0 Å². The van der Waals surface area contributed by atoms with Crippen LogP contribution in [0.3, 0.4) is 0 Å². The van der Waals surface area contributed by atoms with Gasteiger partial charge < -0.3 is 5.32 Å². The summed E-state index contributed by atoms with van der Waals surface area (Å²) in [5.74, 6) is 0.482. The summed E-state index contributed by atoms with van der Waals surface area (Å²) in [7, 11) is 0. The van der Waals surface area contributed by atoms with Crippen molar-refractivity contribution in [1.82, 2.24) is 14.8 Å². The monoisotopic (exact) mass is 425 g/mol. The molecule has 0 saturated heterocycles. The first-order valence-corrected chi connectivity index (χ1v) is 10.0. The number of hydrogen-bond acceptors (Lipinski definition) is 4. The summed E-state index contributed by atoms with van der Waals surface area (Å²) in [6.07, 6.45) is 2.37. The van der Waals surface area contributed by atoms with Crippen molar-refractivity contribution in [3.8, 4) is 0 Å². The van der Waals surface area contributed by atoms with Gasteiger partial charge in [-0.1, -0.05) is 49.7 Å². The average Bonchev–Trinajstić information content (AvgIpc) is 3.10. The van der Waals surface area contributed by atoms with E-state index in [2.05, 4.69) is 20.7 Å². The van der Waals surface area contributed by atoms with Crippen molar-refractivity contribution in [2.24, 2.45) is 5.92 Å². The van der Waals surface area contributed by atoms with Gasteiger partial charge in [-0.3, -0.25) is 10.1 Å². The number of carbonyl (C=O) groups is 1. The maximum atomic E-state index is 13.5. The van der Waals surface area contributed by atoms with E-state index in [1.54, 1.807) is 16.8 Å². The highest BCUT2D eigenvalue weighted by Gasteiger charge is 2.26. The molecule has 1 atom stereocenters. The molecule has 0 bridgehead atoms. The van der Waals surface area contributed by atoms with Gasteiger partial charge in [-0.05, 0) is 47.4 Å². The number of anilines is 2. The molecule has 1 unspecified atom stereocenters. The predicted octanol–water partition coefficient (Wildman–Crippen LogP) is 5.11. The molecule has 30 heavy (non-hydrogen) atoms. The van der Waals surface area contributed by atoms with Crippen molar-refractivity contribution in [2.45, 2.75) is 26.3 Å². The van der Waals surface area contributed by atoms with E-state index in [4.69, 9.17) is 11.6 Å². The number of nitrogens with zero attached hydrogens (tertiary/aromatic N) is 3. The number of benzene rings is 2. The average molecular weight is 426 g/mol. The number of aromatic nitrogens is 3. The van der Waals surface area contributed by atoms with Crippen LogP contribution in [0.2, 0.25) is 5.02 Å². The second kappa shape index (κ2) is 8.28. The van der Waals surface area contributed by atoms with E-state index in [1.807, 2.05) is 44.2 Å². The van der Waals surface area contributed by atoms with Crippen molar-refractivity contribution in [3.05, 3.63) is 76.6 Å². The number of fused-ring (bicyclic) bond motifs is 1. The minimum Gasteiger partial charge on any atom is -0.324 e. The zero-order chi connectivity index (χ0) is 21.3. The molecule has 3 aromatic rings. The number of amides is 1. The second-order valence-electron chi connectivity index (χ2n) is 7.56. The molecule has 8 heteroatoms. The highest BCUT2D eigenvalue weighted by Crippen LogP contribution is 2.33. The van der Waals surface area contributed by atoms with E-state index < -0.39 is 0 Å². The van der Waals surface area contributed by atoms with Gasteiger partial charge in [0.25, 0.3) is 5.95 Å². The molecule has 2 N–H and O–H groups in total. The Balaban J connectivity index is 1.71. The Bertz CT molecular complexity index is 1090. The van der Waals surface area contributed by atoms with Gasteiger partial charge in [0.15, 0.2) is 0 Å². The Morgan fingerprint density at radius 3 is 2.57 bits per heavy atom. The normalized spacial score (nSPS) is 15.4. The molecule has 1 aliphatic heterocycles. The standard InChI is InChI=1S/C22H21ClFN5O/c1-13(2)11-20(30)26-21-27-22-25-18(14-3-7-16(23)8-4-14)12-19(29(22)28-21)15-5-9-17(24)10-6-15/h3-10,12-13,19H,11H2,1-2H3,(H2,25,26,27,28,30). The molecule has 0 aliphatic carbocycles. The van der Waals surface area contributed by atoms with E-state index in [9.17, 15) is 9.18 Å².